The van der Waals surface area contributed by atoms with E-state index in [1.165, 1.54) is 6.42 Å². The van der Waals surface area contributed by atoms with Crippen molar-refractivity contribution in [3.8, 4) is 5.75 Å². The van der Waals surface area contributed by atoms with E-state index in [0.717, 1.165) is 34.9 Å². The second-order valence-corrected chi connectivity index (χ2v) is 5.84. The van der Waals surface area contributed by atoms with E-state index in [9.17, 15) is 5.11 Å². The molecule has 3 heteroatoms. The summed E-state index contributed by atoms with van der Waals surface area (Å²) < 4.78 is 5.76. The number of ether oxygens (including phenoxy) is 1. The molecule has 0 aromatic heterocycles. The largest absolute Gasteiger partial charge is 0.494 e. The maximum Gasteiger partial charge on any atom is 0.124 e. The van der Waals surface area contributed by atoms with Gasteiger partial charge in [-0.15, -0.1) is 0 Å². The first-order chi connectivity index (χ1) is 10.2. The van der Waals surface area contributed by atoms with Gasteiger partial charge < -0.3 is 15.6 Å². The van der Waals surface area contributed by atoms with E-state index in [1.807, 2.05) is 31.2 Å². The van der Waals surface area contributed by atoms with Crippen molar-refractivity contribution in [1.29, 1.82) is 0 Å². The molecule has 1 aliphatic rings. The minimum atomic E-state index is -0.497. The van der Waals surface area contributed by atoms with E-state index in [-0.39, 0.29) is 0 Å². The van der Waals surface area contributed by atoms with Crippen LogP contribution in [0.1, 0.15) is 37.8 Å². The Kier molecular flexibility index (Phi) is 4.13. The molecule has 0 aliphatic heterocycles. The number of aliphatic hydroxyl groups excluding tert-OH is 1. The first-order valence-electron chi connectivity index (χ1n) is 7.80. The predicted octanol–water partition coefficient (Wildman–Crippen LogP) is 3.40. The van der Waals surface area contributed by atoms with Gasteiger partial charge in [0.05, 0.1) is 18.8 Å². The van der Waals surface area contributed by atoms with Crippen molar-refractivity contribution in [1.82, 2.24) is 0 Å². The van der Waals surface area contributed by atoms with Crippen molar-refractivity contribution in [2.75, 3.05) is 6.61 Å². The lowest BCUT2D eigenvalue weighted by Crippen LogP contribution is -2.36. The summed E-state index contributed by atoms with van der Waals surface area (Å²) in [7, 11) is 0. The van der Waals surface area contributed by atoms with Crippen LogP contribution in [0.3, 0.4) is 0 Å². The highest BCUT2D eigenvalue weighted by Gasteiger charge is 2.32. The van der Waals surface area contributed by atoms with Gasteiger partial charge in [-0.05, 0) is 42.5 Å². The highest BCUT2D eigenvalue weighted by atomic mass is 16.5. The van der Waals surface area contributed by atoms with E-state index in [0.29, 0.717) is 12.5 Å². The summed E-state index contributed by atoms with van der Waals surface area (Å²) in [5.41, 5.74) is 7.36. The third-order valence-corrected chi connectivity index (χ3v) is 4.56. The van der Waals surface area contributed by atoms with E-state index in [4.69, 9.17) is 10.5 Å². The lowest BCUT2D eigenvalue weighted by Gasteiger charge is -2.34. The summed E-state index contributed by atoms with van der Waals surface area (Å²) in [5, 5.41) is 12.8. The average Bonchev–Trinajstić information content (AvgIpc) is 2.45. The summed E-state index contributed by atoms with van der Waals surface area (Å²) >= 11 is 0. The topological polar surface area (TPSA) is 55.5 Å². The van der Waals surface area contributed by atoms with Crippen LogP contribution >= 0.6 is 0 Å². The number of benzene rings is 2. The zero-order valence-electron chi connectivity index (χ0n) is 12.5. The number of aliphatic hydroxyl groups is 1. The Morgan fingerprint density at radius 1 is 1.24 bits per heavy atom. The SMILES string of the molecule is CCOc1ccc2ccccc2c1[C@@H](N)[C@@H](O)C1CCC1. The van der Waals surface area contributed by atoms with Crippen molar-refractivity contribution in [3.63, 3.8) is 0 Å². The van der Waals surface area contributed by atoms with Gasteiger partial charge in [-0.1, -0.05) is 36.8 Å². The monoisotopic (exact) mass is 285 g/mol. The Bertz CT molecular complexity index is 622. The molecule has 0 spiro atoms. The Hall–Kier alpha value is -1.58. The summed E-state index contributed by atoms with van der Waals surface area (Å²) in [5.74, 6) is 1.12. The fourth-order valence-electron chi connectivity index (χ4n) is 3.15. The fraction of sp³-hybridized carbons (Fsp3) is 0.444. The van der Waals surface area contributed by atoms with Crippen LogP contribution in [0.2, 0.25) is 0 Å². The second kappa shape index (κ2) is 6.04. The van der Waals surface area contributed by atoms with Crippen molar-refractivity contribution in [2.45, 2.75) is 38.3 Å². The quantitative estimate of drug-likeness (QED) is 0.885. The molecule has 3 rings (SSSR count). The summed E-state index contributed by atoms with van der Waals surface area (Å²) in [6.07, 6.45) is 2.85. The highest BCUT2D eigenvalue weighted by molar-refractivity contribution is 5.88. The lowest BCUT2D eigenvalue weighted by atomic mass is 9.77. The molecule has 2 aromatic carbocycles. The van der Waals surface area contributed by atoms with Crippen LogP contribution in [0.15, 0.2) is 36.4 Å². The molecule has 21 heavy (non-hydrogen) atoms. The molecule has 0 bridgehead atoms. The third kappa shape index (κ3) is 2.63. The third-order valence-electron chi connectivity index (χ3n) is 4.56. The first kappa shape index (κ1) is 14.4. The molecule has 0 amide bonds. The van der Waals surface area contributed by atoms with Crippen LogP contribution in [0, 0.1) is 5.92 Å². The number of rotatable bonds is 5. The normalized spacial score (nSPS) is 18.2. The lowest BCUT2D eigenvalue weighted by molar-refractivity contribution is 0.0410. The molecule has 3 nitrogen and oxygen atoms in total. The zero-order chi connectivity index (χ0) is 14.8. The van der Waals surface area contributed by atoms with Gasteiger partial charge in [0.15, 0.2) is 0 Å². The molecule has 3 N–H and O–H groups in total. The van der Waals surface area contributed by atoms with Gasteiger partial charge in [0.2, 0.25) is 0 Å². The minimum absolute atomic E-state index is 0.327. The number of fused-ring (bicyclic) bond motifs is 1. The van der Waals surface area contributed by atoms with Gasteiger partial charge in [-0.2, -0.15) is 0 Å². The number of nitrogens with two attached hydrogens (primary N) is 1. The van der Waals surface area contributed by atoms with Gasteiger partial charge in [0.25, 0.3) is 0 Å². The molecule has 1 saturated carbocycles. The van der Waals surface area contributed by atoms with Crippen LogP contribution in [-0.4, -0.2) is 17.8 Å². The Labute approximate surface area is 125 Å². The van der Waals surface area contributed by atoms with E-state index in [2.05, 4.69) is 12.1 Å². The average molecular weight is 285 g/mol. The molecule has 112 valence electrons. The summed E-state index contributed by atoms with van der Waals surface area (Å²) in [6, 6.07) is 11.8. The second-order valence-electron chi connectivity index (χ2n) is 5.84. The molecular weight excluding hydrogens is 262 g/mol. The minimum Gasteiger partial charge on any atom is -0.494 e. The Balaban J connectivity index is 2.06. The van der Waals surface area contributed by atoms with E-state index in [1.54, 1.807) is 0 Å². The van der Waals surface area contributed by atoms with Crippen LogP contribution in [0.5, 0.6) is 5.75 Å². The standard InChI is InChI=1S/C18H23NO2/c1-2-21-15-11-10-12-6-3-4-9-14(12)16(15)17(19)18(20)13-7-5-8-13/h3-4,6,9-11,13,17-18,20H,2,5,7-8,19H2,1H3/t17-,18+/m1/s1. The van der Waals surface area contributed by atoms with Crippen molar-refractivity contribution in [3.05, 3.63) is 42.0 Å². The van der Waals surface area contributed by atoms with Gasteiger partial charge >= 0.3 is 0 Å². The molecular formula is C18H23NO2. The Morgan fingerprint density at radius 3 is 2.67 bits per heavy atom. The molecule has 0 radical (unpaired) electrons. The maximum atomic E-state index is 10.6. The molecule has 2 aromatic rings. The fourth-order valence-corrected chi connectivity index (χ4v) is 3.15. The van der Waals surface area contributed by atoms with Crippen LogP contribution < -0.4 is 10.5 Å². The number of hydrogen-bond donors (Lipinski definition) is 2. The summed E-state index contributed by atoms with van der Waals surface area (Å²) in [4.78, 5) is 0. The van der Waals surface area contributed by atoms with Crippen LogP contribution in [0.25, 0.3) is 10.8 Å². The first-order valence-corrected chi connectivity index (χ1v) is 7.80. The van der Waals surface area contributed by atoms with Crippen LogP contribution in [0.4, 0.5) is 0 Å². The van der Waals surface area contributed by atoms with Crippen molar-refractivity contribution < 1.29 is 9.84 Å². The van der Waals surface area contributed by atoms with Crippen molar-refractivity contribution >= 4 is 10.8 Å². The molecule has 1 aliphatic carbocycles. The highest BCUT2D eigenvalue weighted by Crippen LogP contribution is 2.39. The van der Waals surface area contributed by atoms with Crippen LogP contribution in [-0.2, 0) is 0 Å². The smallest absolute Gasteiger partial charge is 0.124 e. The maximum absolute atomic E-state index is 10.6. The van der Waals surface area contributed by atoms with Gasteiger partial charge in [-0.3, -0.25) is 0 Å². The van der Waals surface area contributed by atoms with Gasteiger partial charge in [0.1, 0.15) is 5.75 Å². The number of hydrogen-bond acceptors (Lipinski definition) is 3. The molecule has 1 fully saturated rings. The molecule has 0 heterocycles. The summed E-state index contributed by atoms with van der Waals surface area (Å²) in [6.45, 7) is 2.56. The van der Waals surface area contributed by atoms with Crippen molar-refractivity contribution in [2.24, 2.45) is 11.7 Å². The Morgan fingerprint density at radius 2 is 2.00 bits per heavy atom. The van der Waals surface area contributed by atoms with Gasteiger partial charge in [0, 0.05) is 5.56 Å². The van der Waals surface area contributed by atoms with E-state index >= 15 is 0 Å². The van der Waals surface area contributed by atoms with Gasteiger partial charge in [-0.25, -0.2) is 0 Å². The molecule has 0 unspecified atom stereocenters. The zero-order valence-corrected chi connectivity index (χ0v) is 12.5. The predicted molar refractivity (Wildman–Crippen MR) is 85.4 cm³/mol. The van der Waals surface area contributed by atoms with E-state index < -0.39 is 12.1 Å². The molecule has 0 saturated heterocycles. The molecule has 2 atom stereocenters.